The summed E-state index contributed by atoms with van der Waals surface area (Å²) >= 11 is 3.64. The zero-order valence-electron chi connectivity index (χ0n) is 12.7. The Morgan fingerprint density at radius 3 is 2.71 bits per heavy atom. The maximum absolute atomic E-state index is 4.69. The van der Waals surface area contributed by atoms with E-state index >= 15 is 0 Å². The average Bonchev–Trinajstić information content (AvgIpc) is 2.52. The van der Waals surface area contributed by atoms with Crippen molar-refractivity contribution >= 4 is 32.5 Å². The van der Waals surface area contributed by atoms with Crippen molar-refractivity contribution in [3.05, 3.63) is 36.0 Å². The zero-order valence-corrected chi connectivity index (χ0v) is 14.3. The Kier molecular flexibility index (Phi) is 4.79. The molecule has 0 saturated heterocycles. The van der Waals surface area contributed by atoms with Crippen LogP contribution in [0.4, 0.5) is 5.69 Å². The Balaban J connectivity index is 2.05. The molecular formula is C18H23BrN2. The van der Waals surface area contributed by atoms with Crippen molar-refractivity contribution in [2.75, 3.05) is 16.8 Å². The predicted molar refractivity (Wildman–Crippen MR) is 94.5 cm³/mol. The van der Waals surface area contributed by atoms with E-state index in [-0.39, 0.29) is 0 Å². The molecule has 1 fully saturated rings. The highest BCUT2D eigenvalue weighted by Crippen LogP contribution is 2.32. The van der Waals surface area contributed by atoms with Crippen LogP contribution in [0.3, 0.4) is 0 Å². The molecule has 3 rings (SSSR count). The Hall–Kier alpha value is -1.09. The predicted octanol–water partition coefficient (Wildman–Crippen LogP) is 5.08. The maximum atomic E-state index is 4.69. The normalized spacial score (nSPS) is 16.3. The molecule has 0 spiro atoms. The Morgan fingerprint density at radius 2 is 1.95 bits per heavy atom. The number of para-hydroxylation sites is 1. The van der Waals surface area contributed by atoms with Crippen molar-refractivity contribution in [1.82, 2.24) is 4.98 Å². The molecule has 21 heavy (non-hydrogen) atoms. The van der Waals surface area contributed by atoms with Crippen LogP contribution in [0, 0.1) is 6.92 Å². The van der Waals surface area contributed by atoms with Gasteiger partial charge in [-0.05, 0) is 31.9 Å². The minimum absolute atomic E-state index is 0.682. The van der Waals surface area contributed by atoms with Gasteiger partial charge in [-0.25, -0.2) is 0 Å². The summed E-state index contributed by atoms with van der Waals surface area (Å²) in [6, 6.07) is 11.5. The molecule has 0 unspecified atom stereocenters. The number of pyridine rings is 1. The van der Waals surface area contributed by atoms with Crippen molar-refractivity contribution in [3.8, 4) is 0 Å². The number of hydrogen-bond acceptors (Lipinski definition) is 2. The van der Waals surface area contributed by atoms with Crippen LogP contribution < -0.4 is 4.90 Å². The molecule has 0 amide bonds. The highest BCUT2D eigenvalue weighted by Gasteiger charge is 2.22. The van der Waals surface area contributed by atoms with Gasteiger partial charge in [-0.1, -0.05) is 53.4 Å². The van der Waals surface area contributed by atoms with Crippen LogP contribution in [0.2, 0.25) is 0 Å². The monoisotopic (exact) mass is 346 g/mol. The second-order valence-electron chi connectivity index (χ2n) is 5.97. The van der Waals surface area contributed by atoms with E-state index in [0.717, 1.165) is 23.1 Å². The molecule has 112 valence electrons. The minimum atomic E-state index is 0.682. The number of fused-ring (bicyclic) bond motifs is 1. The third-order valence-electron chi connectivity index (χ3n) is 4.47. The fourth-order valence-corrected chi connectivity index (χ4v) is 3.89. The Labute approximate surface area is 135 Å². The van der Waals surface area contributed by atoms with Crippen LogP contribution in [0.5, 0.6) is 0 Å². The lowest BCUT2D eigenvalue weighted by Crippen LogP contribution is -2.38. The molecule has 1 aliphatic rings. The van der Waals surface area contributed by atoms with Gasteiger partial charge in [0.1, 0.15) is 0 Å². The first-order valence-corrected chi connectivity index (χ1v) is 9.11. The topological polar surface area (TPSA) is 16.1 Å². The molecule has 2 nitrogen and oxygen atoms in total. The SMILES string of the molecule is Cc1cc(N(CCBr)C2CCCCC2)c2ccccc2n1. The van der Waals surface area contributed by atoms with Crippen LogP contribution in [-0.2, 0) is 0 Å². The van der Waals surface area contributed by atoms with E-state index in [1.54, 1.807) is 0 Å². The molecule has 0 atom stereocenters. The lowest BCUT2D eigenvalue weighted by molar-refractivity contribution is 0.419. The maximum Gasteiger partial charge on any atom is 0.0726 e. The van der Waals surface area contributed by atoms with Crippen LogP contribution in [0.15, 0.2) is 30.3 Å². The van der Waals surface area contributed by atoms with E-state index in [4.69, 9.17) is 0 Å². The fraction of sp³-hybridized carbons (Fsp3) is 0.500. The lowest BCUT2D eigenvalue weighted by atomic mass is 9.93. The summed E-state index contributed by atoms with van der Waals surface area (Å²) in [4.78, 5) is 7.30. The number of anilines is 1. The van der Waals surface area contributed by atoms with Gasteiger partial charge in [0, 0.05) is 34.7 Å². The minimum Gasteiger partial charge on any atom is -0.367 e. The van der Waals surface area contributed by atoms with Gasteiger partial charge in [0.15, 0.2) is 0 Å². The summed E-state index contributed by atoms with van der Waals surface area (Å²) in [5.41, 5.74) is 3.59. The van der Waals surface area contributed by atoms with Gasteiger partial charge in [0.25, 0.3) is 0 Å². The third kappa shape index (κ3) is 3.23. The summed E-state index contributed by atoms with van der Waals surface area (Å²) in [7, 11) is 0. The molecule has 0 radical (unpaired) electrons. The number of hydrogen-bond donors (Lipinski definition) is 0. The van der Waals surface area contributed by atoms with Crippen molar-refractivity contribution < 1.29 is 0 Å². The summed E-state index contributed by atoms with van der Waals surface area (Å²) in [6.07, 6.45) is 6.77. The van der Waals surface area contributed by atoms with Gasteiger partial charge < -0.3 is 4.90 Å². The Morgan fingerprint density at radius 1 is 1.19 bits per heavy atom. The molecule has 1 aliphatic carbocycles. The van der Waals surface area contributed by atoms with Gasteiger partial charge >= 0.3 is 0 Å². The van der Waals surface area contributed by atoms with Gasteiger partial charge in [-0.15, -0.1) is 0 Å². The number of rotatable bonds is 4. The first kappa shape index (κ1) is 14.8. The van der Waals surface area contributed by atoms with E-state index in [9.17, 15) is 0 Å². The number of nitrogens with zero attached hydrogens (tertiary/aromatic N) is 2. The molecule has 0 aliphatic heterocycles. The molecule has 3 heteroatoms. The van der Waals surface area contributed by atoms with E-state index in [1.165, 1.54) is 43.2 Å². The Bertz CT molecular complexity index is 605. The average molecular weight is 347 g/mol. The highest BCUT2D eigenvalue weighted by atomic mass is 79.9. The van der Waals surface area contributed by atoms with Gasteiger partial charge in [-0.2, -0.15) is 0 Å². The van der Waals surface area contributed by atoms with Gasteiger partial charge in [0.05, 0.1) is 5.52 Å². The van der Waals surface area contributed by atoms with Gasteiger partial charge in [-0.3, -0.25) is 4.98 Å². The van der Waals surface area contributed by atoms with Crippen molar-refractivity contribution in [3.63, 3.8) is 0 Å². The summed E-state index contributed by atoms with van der Waals surface area (Å²) in [5, 5.41) is 2.30. The third-order valence-corrected chi connectivity index (χ3v) is 4.83. The fourth-order valence-electron chi connectivity index (χ4n) is 3.51. The van der Waals surface area contributed by atoms with E-state index in [1.807, 2.05) is 0 Å². The number of benzene rings is 1. The molecule has 0 N–H and O–H groups in total. The summed E-state index contributed by atoms with van der Waals surface area (Å²) < 4.78 is 0. The number of alkyl halides is 1. The molecular weight excluding hydrogens is 324 g/mol. The van der Waals surface area contributed by atoms with E-state index in [2.05, 4.69) is 63.1 Å². The van der Waals surface area contributed by atoms with Crippen LogP contribution in [-0.4, -0.2) is 22.9 Å². The van der Waals surface area contributed by atoms with E-state index in [0.29, 0.717) is 6.04 Å². The number of aryl methyl sites for hydroxylation is 1. The lowest BCUT2D eigenvalue weighted by Gasteiger charge is -2.36. The molecule has 1 aromatic heterocycles. The van der Waals surface area contributed by atoms with Crippen LogP contribution >= 0.6 is 15.9 Å². The second-order valence-corrected chi connectivity index (χ2v) is 6.77. The number of halogens is 1. The van der Waals surface area contributed by atoms with Crippen molar-refractivity contribution in [2.45, 2.75) is 45.1 Å². The first-order valence-electron chi connectivity index (χ1n) is 7.98. The molecule has 2 aromatic rings. The molecule has 1 aromatic carbocycles. The zero-order chi connectivity index (χ0) is 14.7. The van der Waals surface area contributed by atoms with Crippen LogP contribution in [0.1, 0.15) is 37.8 Å². The molecule has 0 bridgehead atoms. The van der Waals surface area contributed by atoms with Crippen molar-refractivity contribution in [1.29, 1.82) is 0 Å². The van der Waals surface area contributed by atoms with Crippen LogP contribution in [0.25, 0.3) is 10.9 Å². The quantitative estimate of drug-likeness (QED) is 0.717. The van der Waals surface area contributed by atoms with E-state index < -0.39 is 0 Å². The summed E-state index contributed by atoms with van der Waals surface area (Å²) in [5.74, 6) is 0. The standard InChI is InChI=1S/C18H23BrN2/c1-14-13-18(16-9-5-6-10-17(16)20-14)21(12-11-19)15-7-3-2-4-8-15/h5-6,9-10,13,15H,2-4,7-8,11-12H2,1H3. The molecule has 1 saturated carbocycles. The molecule has 1 heterocycles. The van der Waals surface area contributed by atoms with Gasteiger partial charge in [0.2, 0.25) is 0 Å². The summed E-state index contributed by atoms with van der Waals surface area (Å²) in [6.45, 7) is 3.17. The largest absolute Gasteiger partial charge is 0.367 e. The smallest absolute Gasteiger partial charge is 0.0726 e. The first-order chi connectivity index (χ1) is 10.3. The number of aromatic nitrogens is 1. The van der Waals surface area contributed by atoms with Crippen molar-refractivity contribution in [2.24, 2.45) is 0 Å². The highest BCUT2D eigenvalue weighted by molar-refractivity contribution is 9.09. The second kappa shape index (κ2) is 6.78.